The second-order valence-corrected chi connectivity index (χ2v) is 5.78. The Morgan fingerprint density at radius 2 is 1.62 bits per heavy atom. The van der Waals surface area contributed by atoms with Gasteiger partial charge < -0.3 is 10.2 Å². The van der Waals surface area contributed by atoms with Crippen LogP contribution in [0, 0.1) is 0 Å². The molecule has 0 unspecified atom stereocenters. The fourth-order valence-corrected chi connectivity index (χ4v) is 2.20. The predicted molar refractivity (Wildman–Crippen MR) is 97.5 cm³/mol. The van der Waals surface area contributed by atoms with Gasteiger partial charge in [0.2, 0.25) is 0 Å². The van der Waals surface area contributed by atoms with E-state index in [1.54, 1.807) is 37.3 Å². The molecule has 0 aromatic heterocycles. The molecule has 0 heterocycles. The Balaban J connectivity index is 2.41. The van der Waals surface area contributed by atoms with Crippen LogP contribution < -0.4 is 5.32 Å². The van der Waals surface area contributed by atoms with Crippen molar-refractivity contribution >= 4 is 11.5 Å². The van der Waals surface area contributed by atoms with Crippen LogP contribution in [0.2, 0.25) is 0 Å². The van der Waals surface area contributed by atoms with Gasteiger partial charge in [0.1, 0.15) is 0 Å². The highest BCUT2D eigenvalue weighted by Gasteiger charge is 2.36. The third kappa shape index (κ3) is 5.51. The monoisotopic (exact) mass is 360 g/mol. The summed E-state index contributed by atoms with van der Waals surface area (Å²) in [6, 6.07) is 16.7. The summed E-state index contributed by atoms with van der Waals surface area (Å²) in [5.74, 6) is -1.92. The molecule has 0 aliphatic rings. The minimum absolute atomic E-state index is 0.0457. The number of anilines is 1. The van der Waals surface area contributed by atoms with Gasteiger partial charge >= 0.3 is 6.18 Å². The molecule has 0 spiro atoms. The van der Waals surface area contributed by atoms with E-state index in [2.05, 4.69) is 5.32 Å². The molecule has 0 saturated carbocycles. The highest BCUT2D eigenvalue weighted by atomic mass is 19.4. The summed E-state index contributed by atoms with van der Waals surface area (Å²) in [7, 11) is 3.47. The van der Waals surface area contributed by atoms with Gasteiger partial charge in [-0.05, 0) is 17.7 Å². The number of nitrogens with zero attached hydrogens (tertiary/aromatic N) is 1. The molecule has 26 heavy (non-hydrogen) atoms. The fraction of sp³-hybridized carbons (Fsp3) is 0.150. The summed E-state index contributed by atoms with van der Waals surface area (Å²) >= 11 is 0. The summed E-state index contributed by atoms with van der Waals surface area (Å²) in [6.45, 7) is 0. The van der Waals surface area contributed by atoms with Crippen LogP contribution in [0.15, 0.2) is 78.6 Å². The molecule has 0 fully saturated rings. The maximum Gasteiger partial charge on any atom is 0.454 e. The van der Waals surface area contributed by atoms with E-state index in [-0.39, 0.29) is 5.70 Å². The summed E-state index contributed by atoms with van der Waals surface area (Å²) in [5.41, 5.74) is 2.37. The number of benzene rings is 2. The van der Waals surface area contributed by atoms with Crippen LogP contribution in [0.5, 0.6) is 0 Å². The Morgan fingerprint density at radius 1 is 1.00 bits per heavy atom. The van der Waals surface area contributed by atoms with Crippen LogP contribution in [0.25, 0.3) is 11.1 Å². The van der Waals surface area contributed by atoms with Gasteiger partial charge in [-0.2, -0.15) is 13.2 Å². The second-order valence-electron chi connectivity index (χ2n) is 5.78. The van der Waals surface area contributed by atoms with Crippen molar-refractivity contribution in [1.82, 2.24) is 4.90 Å². The lowest BCUT2D eigenvalue weighted by Crippen LogP contribution is -2.21. The van der Waals surface area contributed by atoms with Crippen molar-refractivity contribution < 1.29 is 18.0 Å². The highest BCUT2D eigenvalue weighted by molar-refractivity contribution is 5.96. The molecular formula is C20H19F3N2O. The Labute approximate surface area is 150 Å². The van der Waals surface area contributed by atoms with E-state index >= 15 is 0 Å². The quantitative estimate of drug-likeness (QED) is 0.590. The lowest BCUT2D eigenvalue weighted by atomic mass is 10.0. The molecule has 0 aliphatic carbocycles. The van der Waals surface area contributed by atoms with Gasteiger partial charge in [-0.3, -0.25) is 4.79 Å². The Morgan fingerprint density at radius 3 is 2.23 bits per heavy atom. The molecule has 2 aromatic rings. The van der Waals surface area contributed by atoms with E-state index < -0.39 is 12.0 Å². The van der Waals surface area contributed by atoms with Crippen LogP contribution in [0.4, 0.5) is 18.9 Å². The molecule has 3 nitrogen and oxygen atoms in total. The summed E-state index contributed by atoms with van der Waals surface area (Å²) in [5, 5.41) is 2.93. The topological polar surface area (TPSA) is 32.3 Å². The first-order chi connectivity index (χ1) is 12.3. The molecule has 1 N–H and O–H groups in total. The average molecular weight is 360 g/mol. The van der Waals surface area contributed by atoms with Crippen LogP contribution in [-0.4, -0.2) is 31.0 Å². The van der Waals surface area contributed by atoms with Crippen LogP contribution in [0.1, 0.15) is 0 Å². The summed E-state index contributed by atoms with van der Waals surface area (Å²) < 4.78 is 37.9. The van der Waals surface area contributed by atoms with Gasteiger partial charge in [0.15, 0.2) is 0 Å². The van der Waals surface area contributed by atoms with Crippen LogP contribution in [-0.2, 0) is 4.79 Å². The van der Waals surface area contributed by atoms with Crippen LogP contribution in [0.3, 0.4) is 0 Å². The summed E-state index contributed by atoms with van der Waals surface area (Å²) in [4.78, 5) is 13.0. The van der Waals surface area contributed by atoms with Crippen molar-refractivity contribution in [1.29, 1.82) is 0 Å². The molecular weight excluding hydrogens is 341 g/mol. The first-order valence-corrected chi connectivity index (χ1v) is 7.86. The molecule has 0 amide bonds. The number of carbonyl (C=O) groups is 1. The van der Waals surface area contributed by atoms with Crippen molar-refractivity contribution in [2.45, 2.75) is 6.18 Å². The Kier molecular flexibility index (Phi) is 6.22. The minimum atomic E-state index is -4.92. The largest absolute Gasteiger partial charge is 0.454 e. The Bertz CT molecular complexity index is 809. The highest BCUT2D eigenvalue weighted by Crippen LogP contribution is 2.29. The van der Waals surface area contributed by atoms with Gasteiger partial charge in [-0.1, -0.05) is 48.5 Å². The molecule has 6 heteroatoms. The minimum Gasteiger partial charge on any atom is -0.383 e. The van der Waals surface area contributed by atoms with Crippen molar-refractivity contribution in [2.24, 2.45) is 0 Å². The number of rotatable bonds is 6. The number of ketones is 1. The number of hydrogen-bond donors (Lipinski definition) is 1. The van der Waals surface area contributed by atoms with Gasteiger partial charge in [0.25, 0.3) is 5.78 Å². The molecule has 136 valence electrons. The smallest absolute Gasteiger partial charge is 0.383 e. The first-order valence-electron chi connectivity index (χ1n) is 7.86. The van der Waals surface area contributed by atoms with Gasteiger partial charge in [-0.25, -0.2) is 0 Å². The number of alkyl halides is 3. The van der Waals surface area contributed by atoms with Crippen molar-refractivity contribution in [3.8, 4) is 11.1 Å². The lowest BCUT2D eigenvalue weighted by molar-refractivity contribution is -0.165. The van der Waals surface area contributed by atoms with Gasteiger partial charge in [-0.15, -0.1) is 0 Å². The fourth-order valence-electron chi connectivity index (χ4n) is 2.20. The third-order valence-corrected chi connectivity index (χ3v) is 3.41. The first kappa shape index (κ1) is 19.3. The van der Waals surface area contributed by atoms with E-state index in [0.717, 1.165) is 11.1 Å². The molecule has 0 bridgehead atoms. The number of halogens is 3. The predicted octanol–water partition coefficient (Wildman–Crippen LogP) is 4.86. The number of nitrogens with one attached hydrogen (secondary N) is 1. The second kappa shape index (κ2) is 8.38. The molecule has 0 saturated heterocycles. The van der Waals surface area contributed by atoms with E-state index in [1.165, 1.54) is 6.08 Å². The summed E-state index contributed by atoms with van der Waals surface area (Å²) in [6.07, 6.45) is -1.38. The number of allylic oxidation sites excluding steroid dienone is 2. The zero-order valence-corrected chi connectivity index (χ0v) is 14.4. The van der Waals surface area contributed by atoms with Gasteiger partial charge in [0, 0.05) is 43.3 Å². The third-order valence-electron chi connectivity index (χ3n) is 3.41. The lowest BCUT2D eigenvalue weighted by Gasteiger charge is -2.14. The molecule has 0 radical (unpaired) electrons. The number of carbonyl (C=O) groups excluding carboxylic acids is 1. The maximum absolute atomic E-state index is 12.6. The van der Waals surface area contributed by atoms with Crippen molar-refractivity contribution in [2.75, 3.05) is 19.4 Å². The molecule has 0 atom stereocenters. The SMILES string of the molecule is CN(C)/C=C/C(=C/C(=O)C(F)(F)F)Nc1ccccc1-c1ccccc1. The standard InChI is InChI=1S/C20H19F3N2O/c1-25(2)13-12-16(14-19(26)20(21,22)23)24-18-11-7-6-10-17(18)15-8-4-3-5-9-15/h3-14,24H,1-2H3/b13-12+,16-14-. The number of para-hydroxylation sites is 1. The van der Waals surface area contributed by atoms with E-state index in [1.807, 2.05) is 42.5 Å². The van der Waals surface area contributed by atoms with E-state index in [9.17, 15) is 18.0 Å². The zero-order chi connectivity index (χ0) is 19.2. The average Bonchev–Trinajstić information content (AvgIpc) is 2.60. The van der Waals surface area contributed by atoms with Gasteiger partial charge in [0.05, 0.1) is 0 Å². The maximum atomic E-state index is 12.6. The zero-order valence-electron chi connectivity index (χ0n) is 14.4. The molecule has 0 aliphatic heterocycles. The van der Waals surface area contributed by atoms with E-state index in [4.69, 9.17) is 0 Å². The van der Waals surface area contributed by atoms with Crippen LogP contribution >= 0.6 is 0 Å². The molecule has 2 rings (SSSR count). The van der Waals surface area contributed by atoms with E-state index in [0.29, 0.717) is 11.8 Å². The Hall–Kier alpha value is -3.02. The molecule has 2 aromatic carbocycles. The van der Waals surface area contributed by atoms with Crippen molar-refractivity contribution in [3.63, 3.8) is 0 Å². The van der Waals surface area contributed by atoms with Crippen molar-refractivity contribution in [3.05, 3.63) is 78.6 Å². The normalized spacial score (nSPS) is 12.3. The number of hydrogen-bond acceptors (Lipinski definition) is 3.